The van der Waals surface area contributed by atoms with Crippen LogP contribution in [0.25, 0.3) is 0 Å². The van der Waals surface area contributed by atoms with Crippen LogP contribution in [-0.2, 0) is 6.54 Å². The number of hydrogen-bond donors (Lipinski definition) is 1. The maximum absolute atomic E-state index is 5.98. The van der Waals surface area contributed by atoms with Gasteiger partial charge in [0.15, 0.2) is 0 Å². The predicted octanol–water partition coefficient (Wildman–Crippen LogP) is 2.05. The van der Waals surface area contributed by atoms with Gasteiger partial charge in [-0.1, -0.05) is 6.92 Å². The van der Waals surface area contributed by atoms with Crippen LogP contribution in [0.5, 0.6) is 0 Å². The first kappa shape index (κ1) is 11.6. The van der Waals surface area contributed by atoms with E-state index in [1.54, 1.807) is 0 Å². The van der Waals surface area contributed by atoms with E-state index >= 15 is 0 Å². The molecule has 0 saturated heterocycles. The van der Waals surface area contributed by atoms with Crippen molar-refractivity contribution in [2.45, 2.75) is 32.4 Å². The molecule has 0 fully saturated rings. The third kappa shape index (κ3) is 3.03. The molecular formula is C10H19N3S. The van der Waals surface area contributed by atoms with E-state index < -0.39 is 0 Å². The van der Waals surface area contributed by atoms with Crippen LogP contribution in [-0.4, -0.2) is 21.6 Å². The molecule has 1 aromatic rings. The van der Waals surface area contributed by atoms with Gasteiger partial charge in [-0.2, -0.15) is 11.8 Å². The molecule has 1 aromatic heterocycles. The maximum Gasteiger partial charge on any atom is 0.0948 e. The van der Waals surface area contributed by atoms with Gasteiger partial charge in [-0.15, -0.1) is 0 Å². The van der Waals surface area contributed by atoms with Crippen molar-refractivity contribution >= 4 is 11.8 Å². The van der Waals surface area contributed by atoms with Gasteiger partial charge in [0.05, 0.1) is 12.0 Å². The van der Waals surface area contributed by atoms with Gasteiger partial charge in [0.25, 0.3) is 0 Å². The van der Waals surface area contributed by atoms with Crippen LogP contribution < -0.4 is 5.73 Å². The molecule has 1 heterocycles. The first-order valence-corrected chi connectivity index (χ1v) is 6.43. The van der Waals surface area contributed by atoms with Crippen LogP contribution in [0, 0.1) is 0 Å². The van der Waals surface area contributed by atoms with Crippen molar-refractivity contribution in [3.63, 3.8) is 0 Å². The van der Waals surface area contributed by atoms with Crippen LogP contribution in [0.15, 0.2) is 12.5 Å². The van der Waals surface area contributed by atoms with E-state index in [0.717, 1.165) is 18.7 Å². The zero-order valence-corrected chi connectivity index (χ0v) is 9.76. The Morgan fingerprint density at radius 3 is 3.07 bits per heavy atom. The molecule has 0 aliphatic rings. The number of aryl methyl sites for hydroxylation is 1. The summed E-state index contributed by atoms with van der Waals surface area (Å²) in [5.41, 5.74) is 7.14. The van der Waals surface area contributed by atoms with Crippen molar-refractivity contribution in [1.29, 1.82) is 0 Å². The molecule has 0 aromatic carbocycles. The quantitative estimate of drug-likeness (QED) is 0.735. The summed E-state index contributed by atoms with van der Waals surface area (Å²) in [4.78, 5) is 4.15. The van der Waals surface area contributed by atoms with Crippen molar-refractivity contribution in [1.82, 2.24) is 9.55 Å². The SMILES string of the molecule is CC[C@@H](N)c1cncn1CCCSC. The highest BCUT2D eigenvalue weighted by atomic mass is 32.2. The van der Waals surface area contributed by atoms with E-state index in [1.165, 1.54) is 12.2 Å². The third-order valence-corrected chi connectivity index (χ3v) is 3.01. The number of hydrogen-bond acceptors (Lipinski definition) is 3. The largest absolute Gasteiger partial charge is 0.333 e. The first-order chi connectivity index (χ1) is 6.79. The molecule has 0 radical (unpaired) electrons. The molecule has 4 heteroatoms. The van der Waals surface area contributed by atoms with Gasteiger partial charge in [-0.25, -0.2) is 4.98 Å². The highest BCUT2D eigenvalue weighted by Crippen LogP contribution is 2.13. The molecule has 0 spiro atoms. The summed E-state index contributed by atoms with van der Waals surface area (Å²) in [7, 11) is 0. The maximum atomic E-state index is 5.98. The van der Waals surface area contributed by atoms with Gasteiger partial charge in [-0.05, 0) is 24.9 Å². The second-order valence-electron chi connectivity index (χ2n) is 3.37. The minimum atomic E-state index is 0.131. The summed E-state index contributed by atoms with van der Waals surface area (Å²) in [6, 6.07) is 0.131. The molecule has 0 aliphatic heterocycles. The summed E-state index contributed by atoms with van der Waals surface area (Å²) >= 11 is 1.88. The second kappa shape index (κ2) is 6.09. The van der Waals surface area contributed by atoms with Gasteiger partial charge in [-0.3, -0.25) is 0 Å². The molecule has 1 rings (SSSR count). The topological polar surface area (TPSA) is 43.8 Å². The monoisotopic (exact) mass is 213 g/mol. The Kier molecular flexibility index (Phi) is 5.04. The minimum Gasteiger partial charge on any atom is -0.333 e. The Bertz CT molecular complexity index is 260. The number of nitrogens with zero attached hydrogens (tertiary/aromatic N) is 2. The van der Waals surface area contributed by atoms with E-state index in [4.69, 9.17) is 5.73 Å². The van der Waals surface area contributed by atoms with Crippen molar-refractivity contribution in [3.05, 3.63) is 18.2 Å². The summed E-state index contributed by atoms with van der Waals surface area (Å²) in [5.74, 6) is 1.19. The zero-order valence-electron chi connectivity index (χ0n) is 8.94. The van der Waals surface area contributed by atoms with E-state index in [-0.39, 0.29) is 6.04 Å². The van der Waals surface area contributed by atoms with Gasteiger partial charge in [0, 0.05) is 18.8 Å². The van der Waals surface area contributed by atoms with Crippen LogP contribution in [0.1, 0.15) is 31.5 Å². The summed E-state index contributed by atoms with van der Waals surface area (Å²) in [6.07, 6.45) is 8.04. The number of nitrogens with two attached hydrogens (primary N) is 1. The molecule has 80 valence electrons. The molecule has 14 heavy (non-hydrogen) atoms. The number of rotatable bonds is 6. The smallest absolute Gasteiger partial charge is 0.0948 e. The molecular weight excluding hydrogens is 194 g/mol. The molecule has 0 bridgehead atoms. The Hall–Kier alpha value is -0.480. The lowest BCUT2D eigenvalue weighted by molar-refractivity contribution is 0.584. The lowest BCUT2D eigenvalue weighted by Gasteiger charge is -2.12. The molecule has 0 unspecified atom stereocenters. The lowest BCUT2D eigenvalue weighted by atomic mass is 10.2. The van der Waals surface area contributed by atoms with E-state index in [2.05, 4.69) is 22.7 Å². The van der Waals surface area contributed by atoms with Gasteiger partial charge < -0.3 is 10.3 Å². The van der Waals surface area contributed by atoms with Gasteiger partial charge >= 0.3 is 0 Å². The highest BCUT2D eigenvalue weighted by molar-refractivity contribution is 7.98. The normalized spacial score (nSPS) is 13.1. The average Bonchev–Trinajstić information content (AvgIpc) is 2.65. The first-order valence-electron chi connectivity index (χ1n) is 5.04. The van der Waals surface area contributed by atoms with Gasteiger partial charge in [0.1, 0.15) is 0 Å². The average molecular weight is 213 g/mol. The standard InChI is InChI=1S/C10H19N3S/c1-3-9(11)10-7-12-8-13(10)5-4-6-14-2/h7-9H,3-6,11H2,1-2H3/t9-/m1/s1. The second-order valence-corrected chi connectivity index (χ2v) is 4.36. The van der Waals surface area contributed by atoms with E-state index in [1.807, 2.05) is 24.3 Å². The van der Waals surface area contributed by atoms with E-state index in [9.17, 15) is 0 Å². The molecule has 0 aliphatic carbocycles. The zero-order chi connectivity index (χ0) is 10.4. The summed E-state index contributed by atoms with van der Waals surface area (Å²) in [5, 5.41) is 0. The highest BCUT2D eigenvalue weighted by Gasteiger charge is 2.08. The fraction of sp³-hybridized carbons (Fsp3) is 0.700. The minimum absolute atomic E-state index is 0.131. The van der Waals surface area contributed by atoms with Gasteiger partial charge in [0.2, 0.25) is 0 Å². The van der Waals surface area contributed by atoms with Crippen LogP contribution in [0.2, 0.25) is 0 Å². The van der Waals surface area contributed by atoms with Crippen LogP contribution in [0.4, 0.5) is 0 Å². The van der Waals surface area contributed by atoms with Crippen molar-refractivity contribution in [2.24, 2.45) is 5.73 Å². The molecule has 2 N–H and O–H groups in total. The molecule has 0 saturated carbocycles. The predicted molar refractivity (Wildman–Crippen MR) is 62.4 cm³/mol. The molecule has 0 amide bonds. The molecule has 1 atom stereocenters. The van der Waals surface area contributed by atoms with Crippen LogP contribution in [0.3, 0.4) is 0 Å². The Balaban J connectivity index is 2.53. The Morgan fingerprint density at radius 1 is 1.64 bits per heavy atom. The van der Waals surface area contributed by atoms with E-state index in [0.29, 0.717) is 0 Å². The summed E-state index contributed by atoms with van der Waals surface area (Å²) < 4.78 is 2.17. The number of aromatic nitrogens is 2. The van der Waals surface area contributed by atoms with Crippen molar-refractivity contribution < 1.29 is 0 Å². The van der Waals surface area contributed by atoms with Crippen molar-refractivity contribution in [2.75, 3.05) is 12.0 Å². The Morgan fingerprint density at radius 2 is 2.43 bits per heavy atom. The van der Waals surface area contributed by atoms with Crippen molar-refractivity contribution in [3.8, 4) is 0 Å². The van der Waals surface area contributed by atoms with Crippen LogP contribution >= 0.6 is 11.8 Å². The number of imidazole rings is 1. The third-order valence-electron chi connectivity index (χ3n) is 2.31. The lowest BCUT2D eigenvalue weighted by Crippen LogP contribution is -2.14. The molecule has 3 nitrogen and oxygen atoms in total. The number of thioether (sulfide) groups is 1. The fourth-order valence-electron chi connectivity index (χ4n) is 1.41. The Labute approximate surface area is 90.1 Å². The fourth-order valence-corrected chi connectivity index (χ4v) is 1.83. The summed E-state index contributed by atoms with van der Waals surface area (Å²) in [6.45, 7) is 3.13.